The van der Waals surface area contributed by atoms with Gasteiger partial charge in [0.15, 0.2) is 10.4 Å². The Kier molecular flexibility index (Phi) is 3.23. The normalized spacial score (nSPS) is 26.1. The molecule has 2 saturated heterocycles. The molecule has 2 fully saturated rings. The molecule has 0 amide bonds. The molecular weight excluding hydrogens is 284 g/mol. The molecule has 2 aromatic rings. The standard InChI is InChI=1S/C15H20N4OS/c1-20-13-5-4-12-14(17-13)19(15(21)16-12)11-6-8-18-7-2-3-10(18)9-11/h4-5,10-11H,2-3,6-9H2,1H3,(H,16,21). The molecule has 4 rings (SSSR count). The number of hydrogen-bond donors (Lipinski definition) is 1. The largest absolute Gasteiger partial charge is 0.481 e. The van der Waals surface area contributed by atoms with Crippen molar-refractivity contribution in [1.82, 2.24) is 19.4 Å². The smallest absolute Gasteiger partial charge is 0.215 e. The van der Waals surface area contributed by atoms with Gasteiger partial charge in [-0.15, -0.1) is 0 Å². The van der Waals surface area contributed by atoms with Gasteiger partial charge in [-0.2, -0.15) is 4.98 Å². The van der Waals surface area contributed by atoms with E-state index in [0.29, 0.717) is 11.9 Å². The summed E-state index contributed by atoms with van der Waals surface area (Å²) in [6, 6.07) is 5.04. The van der Waals surface area contributed by atoms with Gasteiger partial charge in [0.25, 0.3) is 0 Å². The number of piperidine rings is 1. The van der Waals surface area contributed by atoms with Gasteiger partial charge in [-0.3, -0.25) is 4.57 Å². The third kappa shape index (κ3) is 2.17. The predicted octanol–water partition coefficient (Wildman–Crippen LogP) is 2.90. The first-order valence-electron chi connectivity index (χ1n) is 7.65. The topological polar surface area (TPSA) is 46.1 Å². The highest BCUT2D eigenvalue weighted by atomic mass is 32.1. The molecule has 1 N–H and O–H groups in total. The molecule has 0 bridgehead atoms. The van der Waals surface area contributed by atoms with Crippen LogP contribution in [0.3, 0.4) is 0 Å². The van der Waals surface area contributed by atoms with E-state index in [-0.39, 0.29) is 0 Å². The van der Waals surface area contributed by atoms with Gasteiger partial charge in [0.2, 0.25) is 5.88 Å². The van der Waals surface area contributed by atoms with Crippen LogP contribution in [-0.2, 0) is 0 Å². The average molecular weight is 304 g/mol. The average Bonchev–Trinajstić information content (AvgIpc) is 3.08. The van der Waals surface area contributed by atoms with E-state index in [1.807, 2.05) is 12.1 Å². The summed E-state index contributed by atoms with van der Waals surface area (Å²) >= 11 is 5.55. The predicted molar refractivity (Wildman–Crippen MR) is 84.3 cm³/mol. The molecule has 2 aliphatic heterocycles. The number of methoxy groups -OCH3 is 1. The zero-order chi connectivity index (χ0) is 14.4. The van der Waals surface area contributed by atoms with Crippen LogP contribution in [0.25, 0.3) is 11.2 Å². The molecule has 2 aromatic heterocycles. The fourth-order valence-corrected chi connectivity index (χ4v) is 4.22. The summed E-state index contributed by atoms with van der Waals surface area (Å²) in [4.78, 5) is 10.5. The third-order valence-corrected chi connectivity index (χ3v) is 5.20. The van der Waals surface area contributed by atoms with Crippen LogP contribution >= 0.6 is 12.2 Å². The third-order valence-electron chi connectivity index (χ3n) is 4.91. The van der Waals surface area contributed by atoms with E-state index in [1.165, 1.54) is 32.4 Å². The minimum Gasteiger partial charge on any atom is -0.481 e. The molecule has 2 atom stereocenters. The van der Waals surface area contributed by atoms with E-state index in [9.17, 15) is 0 Å². The molecular formula is C15H20N4OS. The van der Waals surface area contributed by atoms with Crippen LogP contribution in [0.1, 0.15) is 31.7 Å². The first-order valence-corrected chi connectivity index (χ1v) is 8.06. The lowest BCUT2D eigenvalue weighted by atomic mass is 9.97. The van der Waals surface area contributed by atoms with Crippen molar-refractivity contribution < 1.29 is 4.74 Å². The quantitative estimate of drug-likeness (QED) is 0.867. The Bertz CT molecular complexity index is 722. The van der Waals surface area contributed by atoms with Gasteiger partial charge >= 0.3 is 0 Å². The van der Waals surface area contributed by atoms with Crippen molar-refractivity contribution in [3.63, 3.8) is 0 Å². The molecule has 4 heterocycles. The van der Waals surface area contributed by atoms with E-state index in [2.05, 4.69) is 19.4 Å². The lowest BCUT2D eigenvalue weighted by Gasteiger charge is -2.35. The Balaban J connectivity index is 1.75. The second kappa shape index (κ2) is 5.10. The summed E-state index contributed by atoms with van der Waals surface area (Å²) < 4.78 is 8.25. The van der Waals surface area contributed by atoms with E-state index in [0.717, 1.165) is 28.4 Å². The number of nitrogens with zero attached hydrogens (tertiary/aromatic N) is 3. The summed E-state index contributed by atoms with van der Waals surface area (Å²) in [5.74, 6) is 0.642. The molecule has 2 aliphatic rings. The van der Waals surface area contributed by atoms with Crippen molar-refractivity contribution in [3.05, 3.63) is 16.9 Å². The lowest BCUT2D eigenvalue weighted by molar-refractivity contribution is 0.156. The summed E-state index contributed by atoms with van der Waals surface area (Å²) in [5.41, 5.74) is 1.92. The highest BCUT2D eigenvalue weighted by molar-refractivity contribution is 7.71. The molecule has 0 aromatic carbocycles. The second-order valence-electron chi connectivity index (χ2n) is 6.04. The highest BCUT2D eigenvalue weighted by Gasteiger charge is 2.33. The lowest BCUT2D eigenvalue weighted by Crippen LogP contribution is -2.38. The highest BCUT2D eigenvalue weighted by Crippen LogP contribution is 2.34. The molecule has 21 heavy (non-hydrogen) atoms. The summed E-state index contributed by atoms with van der Waals surface area (Å²) in [7, 11) is 1.65. The maximum absolute atomic E-state index is 5.55. The first kappa shape index (κ1) is 13.3. The van der Waals surface area contributed by atoms with Crippen LogP contribution in [0.5, 0.6) is 5.88 Å². The van der Waals surface area contributed by atoms with E-state index in [1.54, 1.807) is 7.11 Å². The Morgan fingerprint density at radius 2 is 2.19 bits per heavy atom. The van der Waals surface area contributed by atoms with Crippen LogP contribution < -0.4 is 4.74 Å². The SMILES string of the molecule is COc1ccc2[nH]c(=S)n(C3CCN4CCCC4C3)c2n1. The molecule has 112 valence electrons. The van der Waals surface area contributed by atoms with Crippen molar-refractivity contribution >= 4 is 23.4 Å². The molecule has 6 heteroatoms. The zero-order valence-corrected chi connectivity index (χ0v) is 13.0. The summed E-state index contributed by atoms with van der Waals surface area (Å²) in [6.07, 6.45) is 4.99. The van der Waals surface area contributed by atoms with Gasteiger partial charge in [-0.1, -0.05) is 0 Å². The number of ether oxygens (including phenoxy) is 1. The number of H-pyrrole nitrogens is 1. The summed E-state index contributed by atoms with van der Waals surface area (Å²) in [5, 5.41) is 0. The maximum atomic E-state index is 5.55. The van der Waals surface area contributed by atoms with E-state index >= 15 is 0 Å². The number of nitrogens with one attached hydrogen (secondary N) is 1. The van der Waals surface area contributed by atoms with Gasteiger partial charge in [0, 0.05) is 24.7 Å². The van der Waals surface area contributed by atoms with Crippen molar-refractivity contribution in [2.75, 3.05) is 20.2 Å². The number of imidazole rings is 1. The Morgan fingerprint density at radius 3 is 3.05 bits per heavy atom. The number of rotatable bonds is 2. The van der Waals surface area contributed by atoms with Crippen molar-refractivity contribution in [1.29, 1.82) is 0 Å². The van der Waals surface area contributed by atoms with Crippen molar-refractivity contribution in [2.45, 2.75) is 37.8 Å². The number of pyridine rings is 1. The Morgan fingerprint density at radius 1 is 1.29 bits per heavy atom. The zero-order valence-electron chi connectivity index (χ0n) is 12.2. The number of aromatic nitrogens is 3. The number of fused-ring (bicyclic) bond motifs is 2. The van der Waals surface area contributed by atoms with E-state index < -0.39 is 0 Å². The van der Waals surface area contributed by atoms with Crippen LogP contribution in [-0.4, -0.2) is 45.7 Å². The van der Waals surface area contributed by atoms with Gasteiger partial charge in [-0.25, -0.2) is 0 Å². The fourth-order valence-electron chi connectivity index (χ4n) is 3.87. The maximum Gasteiger partial charge on any atom is 0.215 e. The molecule has 0 saturated carbocycles. The monoisotopic (exact) mass is 304 g/mol. The molecule has 5 nitrogen and oxygen atoms in total. The number of hydrogen-bond acceptors (Lipinski definition) is 4. The minimum atomic E-state index is 0.449. The van der Waals surface area contributed by atoms with Gasteiger partial charge in [0.05, 0.1) is 12.6 Å². The molecule has 0 spiro atoms. The molecule has 0 radical (unpaired) electrons. The summed E-state index contributed by atoms with van der Waals surface area (Å²) in [6.45, 7) is 2.44. The van der Waals surface area contributed by atoms with Crippen molar-refractivity contribution in [2.24, 2.45) is 0 Å². The van der Waals surface area contributed by atoms with Crippen molar-refractivity contribution in [3.8, 4) is 5.88 Å². The van der Waals surface area contributed by atoms with Gasteiger partial charge in [-0.05, 0) is 50.5 Å². The van der Waals surface area contributed by atoms with Gasteiger partial charge < -0.3 is 14.6 Å². The minimum absolute atomic E-state index is 0.449. The van der Waals surface area contributed by atoms with Crippen LogP contribution in [0.4, 0.5) is 0 Å². The van der Waals surface area contributed by atoms with Crippen LogP contribution in [0, 0.1) is 4.77 Å². The number of aromatic amines is 1. The molecule has 2 unspecified atom stereocenters. The first-order chi connectivity index (χ1) is 10.3. The Hall–Kier alpha value is -1.40. The molecule has 0 aliphatic carbocycles. The van der Waals surface area contributed by atoms with Gasteiger partial charge in [0.1, 0.15) is 0 Å². The van der Waals surface area contributed by atoms with Crippen LogP contribution in [0.15, 0.2) is 12.1 Å². The van der Waals surface area contributed by atoms with Crippen LogP contribution in [0.2, 0.25) is 0 Å². The van der Waals surface area contributed by atoms with E-state index in [4.69, 9.17) is 17.0 Å². The Labute approximate surface area is 128 Å². The second-order valence-corrected chi connectivity index (χ2v) is 6.42. The fraction of sp³-hybridized carbons (Fsp3) is 0.600.